The van der Waals surface area contributed by atoms with Crippen LogP contribution >= 0.6 is 23.2 Å². The van der Waals surface area contributed by atoms with E-state index in [1.165, 1.54) is 0 Å². The Balaban J connectivity index is 2.10. The maximum Gasteiger partial charge on any atom is 0.372 e. The van der Waals surface area contributed by atoms with Gasteiger partial charge in [0.25, 0.3) is 0 Å². The fraction of sp³-hybridized carbons (Fsp3) is 0.154. The van der Waals surface area contributed by atoms with Gasteiger partial charge in [-0.3, -0.25) is 0 Å². The highest BCUT2D eigenvalue weighted by atomic mass is 35.5. The normalized spacial score (nSPS) is 10.5. The zero-order valence-corrected chi connectivity index (χ0v) is 11.5. The van der Waals surface area contributed by atoms with Gasteiger partial charge in [0.15, 0.2) is 0 Å². The molecule has 0 amide bonds. The third-order valence-electron chi connectivity index (χ3n) is 2.43. The lowest BCUT2D eigenvalue weighted by Crippen LogP contribution is -1.96. The molecule has 0 aliphatic carbocycles. The fourth-order valence-electron chi connectivity index (χ4n) is 1.57. The number of rotatable bonds is 4. The molecule has 0 aliphatic rings. The topological polar surface area (TPSA) is 59.7 Å². The minimum Gasteiger partial charge on any atom is -0.484 e. The molecule has 2 rings (SSSR count). The van der Waals surface area contributed by atoms with Gasteiger partial charge in [-0.2, -0.15) is 0 Å². The van der Waals surface area contributed by atoms with E-state index in [2.05, 4.69) is 0 Å². The van der Waals surface area contributed by atoms with Crippen molar-refractivity contribution in [2.45, 2.75) is 13.5 Å². The Kier molecular flexibility index (Phi) is 4.02. The lowest BCUT2D eigenvalue weighted by molar-refractivity contribution is 0.0657. The number of benzene rings is 1. The van der Waals surface area contributed by atoms with Crippen molar-refractivity contribution in [1.82, 2.24) is 0 Å². The first kappa shape index (κ1) is 13.8. The van der Waals surface area contributed by atoms with Crippen LogP contribution in [0, 0.1) is 6.92 Å². The van der Waals surface area contributed by atoms with Crippen LogP contribution in [0.5, 0.6) is 5.75 Å². The van der Waals surface area contributed by atoms with Crippen LogP contribution in [0.1, 0.15) is 21.9 Å². The highest BCUT2D eigenvalue weighted by molar-refractivity contribution is 6.35. The van der Waals surface area contributed by atoms with E-state index in [9.17, 15) is 4.79 Å². The van der Waals surface area contributed by atoms with Crippen molar-refractivity contribution in [3.8, 4) is 5.75 Å². The van der Waals surface area contributed by atoms with Crippen LogP contribution in [0.25, 0.3) is 0 Å². The van der Waals surface area contributed by atoms with Crippen LogP contribution in [0.4, 0.5) is 0 Å². The number of carbonyl (C=O) groups is 1. The van der Waals surface area contributed by atoms with Gasteiger partial charge in [-0.05, 0) is 31.2 Å². The van der Waals surface area contributed by atoms with Crippen LogP contribution < -0.4 is 4.74 Å². The number of halogens is 2. The predicted octanol–water partition coefficient (Wildman–Crippen LogP) is 4.17. The van der Waals surface area contributed by atoms with Crippen molar-refractivity contribution >= 4 is 29.2 Å². The van der Waals surface area contributed by atoms with E-state index in [1.807, 2.05) is 0 Å². The molecule has 1 heterocycles. The first-order valence-corrected chi connectivity index (χ1v) is 6.13. The van der Waals surface area contributed by atoms with Crippen molar-refractivity contribution in [3.63, 3.8) is 0 Å². The summed E-state index contributed by atoms with van der Waals surface area (Å²) in [6, 6.07) is 6.47. The second-order valence-electron chi connectivity index (χ2n) is 3.89. The summed E-state index contributed by atoms with van der Waals surface area (Å²) >= 11 is 11.7. The van der Waals surface area contributed by atoms with E-state index in [0.29, 0.717) is 27.1 Å². The molecular formula is C13H10Cl2O4. The number of aromatic carboxylic acids is 1. The molecule has 1 aromatic heterocycles. The van der Waals surface area contributed by atoms with Crippen LogP contribution in [-0.2, 0) is 6.61 Å². The molecule has 1 aromatic carbocycles. The predicted molar refractivity (Wildman–Crippen MR) is 71.2 cm³/mol. The number of aryl methyl sites for hydroxylation is 1. The quantitative estimate of drug-likeness (QED) is 0.920. The number of hydrogen-bond donors (Lipinski definition) is 1. The molecule has 100 valence electrons. The van der Waals surface area contributed by atoms with Gasteiger partial charge >= 0.3 is 5.97 Å². The van der Waals surface area contributed by atoms with Crippen molar-refractivity contribution in [2.24, 2.45) is 0 Å². The zero-order valence-electron chi connectivity index (χ0n) is 9.94. The molecule has 0 spiro atoms. The Hall–Kier alpha value is -1.65. The second-order valence-corrected chi connectivity index (χ2v) is 4.74. The molecular weight excluding hydrogens is 291 g/mol. The van der Waals surface area contributed by atoms with E-state index in [-0.39, 0.29) is 12.4 Å². The smallest absolute Gasteiger partial charge is 0.372 e. The van der Waals surface area contributed by atoms with Crippen molar-refractivity contribution in [3.05, 3.63) is 51.4 Å². The van der Waals surface area contributed by atoms with Gasteiger partial charge in [0.05, 0.1) is 5.02 Å². The first-order chi connectivity index (χ1) is 8.97. The van der Waals surface area contributed by atoms with Crippen LogP contribution in [0.15, 0.2) is 28.7 Å². The third-order valence-corrected chi connectivity index (χ3v) is 2.96. The largest absolute Gasteiger partial charge is 0.484 e. The Bertz CT molecular complexity index is 619. The molecule has 2 aromatic rings. The average molecular weight is 301 g/mol. The van der Waals surface area contributed by atoms with Gasteiger partial charge in [0.2, 0.25) is 5.76 Å². The lowest BCUT2D eigenvalue weighted by Gasteiger charge is -2.06. The Morgan fingerprint density at radius 2 is 2.11 bits per heavy atom. The van der Waals surface area contributed by atoms with E-state index < -0.39 is 5.97 Å². The summed E-state index contributed by atoms with van der Waals surface area (Å²) in [6.07, 6.45) is 0. The number of hydrogen-bond acceptors (Lipinski definition) is 3. The Morgan fingerprint density at radius 3 is 2.68 bits per heavy atom. The standard InChI is InChI=1S/C13H10Cl2O4/c1-7-4-9(19-12(7)13(16)17)6-18-11-3-2-8(14)5-10(11)15/h2-5H,6H2,1H3,(H,16,17). The molecule has 0 saturated heterocycles. The summed E-state index contributed by atoms with van der Waals surface area (Å²) < 4.78 is 10.6. The average Bonchev–Trinajstić information content (AvgIpc) is 2.69. The molecule has 1 N–H and O–H groups in total. The van der Waals surface area contributed by atoms with Crippen molar-refractivity contribution in [2.75, 3.05) is 0 Å². The van der Waals surface area contributed by atoms with Crippen molar-refractivity contribution in [1.29, 1.82) is 0 Å². The maximum absolute atomic E-state index is 10.8. The molecule has 0 aliphatic heterocycles. The summed E-state index contributed by atoms with van der Waals surface area (Å²) in [6.45, 7) is 1.75. The van der Waals surface area contributed by atoms with Crippen LogP contribution in [0.3, 0.4) is 0 Å². The third kappa shape index (κ3) is 3.22. The van der Waals surface area contributed by atoms with E-state index in [1.54, 1.807) is 31.2 Å². The molecule has 0 saturated carbocycles. The molecule has 0 atom stereocenters. The summed E-state index contributed by atoms with van der Waals surface area (Å²) in [5, 5.41) is 9.77. The van der Waals surface area contributed by atoms with Crippen LogP contribution in [0.2, 0.25) is 10.0 Å². The monoisotopic (exact) mass is 300 g/mol. The maximum atomic E-state index is 10.8. The minimum atomic E-state index is -1.10. The number of ether oxygens (including phenoxy) is 1. The summed E-state index contributed by atoms with van der Waals surface area (Å²) in [5.41, 5.74) is 0.549. The van der Waals surface area contributed by atoms with Gasteiger partial charge in [-0.15, -0.1) is 0 Å². The highest BCUT2D eigenvalue weighted by Gasteiger charge is 2.14. The van der Waals surface area contributed by atoms with E-state index >= 15 is 0 Å². The summed E-state index contributed by atoms with van der Waals surface area (Å²) in [7, 11) is 0. The molecule has 4 nitrogen and oxygen atoms in total. The molecule has 0 radical (unpaired) electrons. The molecule has 0 unspecified atom stereocenters. The van der Waals surface area contributed by atoms with Gasteiger partial charge in [0.1, 0.15) is 18.1 Å². The van der Waals surface area contributed by atoms with Crippen molar-refractivity contribution < 1.29 is 19.1 Å². The summed E-state index contributed by atoms with van der Waals surface area (Å²) in [4.78, 5) is 10.8. The van der Waals surface area contributed by atoms with Gasteiger partial charge in [-0.25, -0.2) is 4.79 Å². The molecule has 19 heavy (non-hydrogen) atoms. The van der Waals surface area contributed by atoms with Crippen LogP contribution in [-0.4, -0.2) is 11.1 Å². The number of furan rings is 1. The molecule has 0 bridgehead atoms. The van der Waals surface area contributed by atoms with Gasteiger partial charge < -0.3 is 14.3 Å². The van der Waals surface area contributed by atoms with Gasteiger partial charge in [0, 0.05) is 10.6 Å². The van der Waals surface area contributed by atoms with E-state index in [0.717, 1.165) is 0 Å². The van der Waals surface area contributed by atoms with Gasteiger partial charge in [-0.1, -0.05) is 23.2 Å². The SMILES string of the molecule is Cc1cc(COc2ccc(Cl)cc2Cl)oc1C(=O)O. The van der Waals surface area contributed by atoms with E-state index in [4.69, 9.17) is 37.5 Å². The summed E-state index contributed by atoms with van der Waals surface area (Å²) in [5.74, 6) is -0.313. The Labute approximate surface area is 119 Å². The first-order valence-electron chi connectivity index (χ1n) is 5.38. The molecule has 0 fully saturated rings. The number of carboxylic acids is 1. The highest BCUT2D eigenvalue weighted by Crippen LogP contribution is 2.28. The Morgan fingerprint density at radius 1 is 1.37 bits per heavy atom. The lowest BCUT2D eigenvalue weighted by atomic mass is 10.3. The minimum absolute atomic E-state index is 0.0826. The second kappa shape index (κ2) is 5.55. The number of carboxylic acid groups (broad SMARTS) is 1. The zero-order chi connectivity index (χ0) is 14.0. The molecule has 6 heteroatoms. The fourth-order valence-corrected chi connectivity index (χ4v) is 2.04.